The van der Waals surface area contributed by atoms with Crippen molar-refractivity contribution >= 4 is 15.8 Å². The van der Waals surface area contributed by atoms with Crippen molar-refractivity contribution in [3.63, 3.8) is 0 Å². The predicted molar refractivity (Wildman–Crippen MR) is 106 cm³/mol. The van der Waals surface area contributed by atoms with Gasteiger partial charge in [0.2, 0.25) is 10.0 Å². The van der Waals surface area contributed by atoms with Crippen LogP contribution in [0.5, 0.6) is 0 Å². The molecule has 1 aliphatic heterocycles. The molecule has 0 radical (unpaired) electrons. The number of aryl methyl sites for hydroxylation is 1. The second kappa shape index (κ2) is 7.62. The minimum Gasteiger partial charge on any atom is -0.354 e. The summed E-state index contributed by atoms with van der Waals surface area (Å²) in [5.74, 6) is 2.27. The van der Waals surface area contributed by atoms with Crippen molar-refractivity contribution in [3.8, 4) is 11.9 Å². The molecule has 3 aromatic rings. The largest absolute Gasteiger partial charge is 0.354 e. The molecule has 0 aliphatic carbocycles. The lowest BCUT2D eigenvalue weighted by molar-refractivity contribution is 0.383. The topological polar surface area (TPSA) is 108 Å². The summed E-state index contributed by atoms with van der Waals surface area (Å²) in [7, 11) is -3.72. The number of benzene rings is 1. The highest BCUT2D eigenvalue weighted by atomic mass is 32.2. The maximum absolute atomic E-state index is 13.0. The predicted octanol–water partition coefficient (Wildman–Crippen LogP) is 1.35. The molecule has 1 fully saturated rings. The van der Waals surface area contributed by atoms with Crippen molar-refractivity contribution in [3.05, 3.63) is 60.4 Å². The van der Waals surface area contributed by atoms with Gasteiger partial charge in [0.05, 0.1) is 10.5 Å². The molecule has 0 amide bonds. The zero-order valence-corrected chi connectivity index (χ0v) is 16.6. The van der Waals surface area contributed by atoms with Crippen molar-refractivity contribution in [1.82, 2.24) is 23.8 Å². The lowest BCUT2D eigenvalue weighted by Gasteiger charge is -2.34. The molecule has 148 valence electrons. The van der Waals surface area contributed by atoms with E-state index in [2.05, 4.69) is 15.0 Å². The molecule has 3 heterocycles. The van der Waals surface area contributed by atoms with E-state index in [9.17, 15) is 13.7 Å². The fourth-order valence-corrected chi connectivity index (χ4v) is 4.91. The van der Waals surface area contributed by atoms with Gasteiger partial charge < -0.3 is 4.90 Å². The Labute approximate surface area is 168 Å². The number of piperazine rings is 1. The average molecular weight is 409 g/mol. The summed E-state index contributed by atoms with van der Waals surface area (Å²) in [4.78, 5) is 14.9. The van der Waals surface area contributed by atoms with Crippen molar-refractivity contribution < 1.29 is 8.42 Å². The highest BCUT2D eigenvalue weighted by Gasteiger charge is 2.30. The Balaban J connectivity index is 1.52. The van der Waals surface area contributed by atoms with E-state index in [0.717, 1.165) is 11.6 Å². The summed E-state index contributed by atoms with van der Waals surface area (Å²) in [6, 6.07) is 10.1. The van der Waals surface area contributed by atoms with Crippen LogP contribution in [0.4, 0.5) is 5.82 Å². The van der Waals surface area contributed by atoms with Crippen LogP contribution in [0.2, 0.25) is 0 Å². The molecule has 4 rings (SSSR count). The summed E-state index contributed by atoms with van der Waals surface area (Å²) < 4.78 is 29.2. The number of hydrogen-bond acceptors (Lipinski definition) is 7. The number of nitriles is 1. The molecule has 1 aromatic carbocycles. The number of hydrogen-bond donors (Lipinski definition) is 0. The van der Waals surface area contributed by atoms with Gasteiger partial charge in [-0.1, -0.05) is 12.1 Å². The van der Waals surface area contributed by atoms with E-state index in [4.69, 9.17) is 0 Å². The number of anilines is 1. The van der Waals surface area contributed by atoms with Gasteiger partial charge in [0.1, 0.15) is 29.9 Å². The van der Waals surface area contributed by atoms with Crippen LogP contribution in [0.3, 0.4) is 0 Å². The molecule has 2 aromatic heterocycles. The first kappa shape index (κ1) is 19.0. The molecule has 0 bridgehead atoms. The number of imidazole rings is 1. The van der Waals surface area contributed by atoms with Gasteiger partial charge in [0.25, 0.3) is 0 Å². The Hall–Kier alpha value is -3.29. The Morgan fingerprint density at radius 3 is 2.45 bits per heavy atom. The molecule has 0 spiro atoms. The second-order valence-electron chi connectivity index (χ2n) is 6.58. The Morgan fingerprint density at radius 1 is 1.03 bits per heavy atom. The van der Waals surface area contributed by atoms with Gasteiger partial charge in [-0.05, 0) is 19.1 Å². The Bertz CT molecular complexity index is 1180. The van der Waals surface area contributed by atoms with Gasteiger partial charge in [-0.2, -0.15) is 9.57 Å². The van der Waals surface area contributed by atoms with Crippen molar-refractivity contribution in [2.24, 2.45) is 0 Å². The van der Waals surface area contributed by atoms with Crippen molar-refractivity contribution in [2.45, 2.75) is 11.8 Å². The number of aromatic nitrogens is 4. The van der Waals surface area contributed by atoms with E-state index in [1.54, 1.807) is 18.3 Å². The van der Waals surface area contributed by atoms with Crippen LogP contribution in [-0.4, -0.2) is 58.4 Å². The average Bonchev–Trinajstić information content (AvgIpc) is 3.20. The van der Waals surface area contributed by atoms with E-state index in [1.807, 2.05) is 34.7 Å². The summed E-state index contributed by atoms with van der Waals surface area (Å²) in [5, 5.41) is 9.23. The SMILES string of the molecule is Cc1nccn1-c1cc(N2CCN(S(=O)(=O)c3ccccc3C#N)CC2)ncn1. The van der Waals surface area contributed by atoms with E-state index in [1.165, 1.54) is 22.8 Å². The first-order valence-corrected chi connectivity index (χ1v) is 10.5. The molecule has 1 saturated heterocycles. The standard InChI is InChI=1S/C19H19N7O2S/c1-15-21-6-7-26(15)19-12-18(22-14-23-19)24-8-10-25(11-9-24)29(27,28)17-5-3-2-4-16(17)13-20/h2-7,12,14H,8-11H2,1H3. The van der Waals surface area contributed by atoms with Crippen LogP contribution >= 0.6 is 0 Å². The Kier molecular flexibility index (Phi) is 5.00. The second-order valence-corrected chi connectivity index (χ2v) is 8.48. The number of nitrogens with zero attached hydrogens (tertiary/aromatic N) is 7. The number of rotatable bonds is 4. The van der Waals surface area contributed by atoms with Gasteiger partial charge in [-0.25, -0.2) is 23.4 Å². The van der Waals surface area contributed by atoms with E-state index >= 15 is 0 Å². The fraction of sp³-hybridized carbons (Fsp3) is 0.263. The first-order valence-electron chi connectivity index (χ1n) is 9.07. The maximum atomic E-state index is 13.0. The molecule has 1 aliphatic rings. The molecule has 10 heteroatoms. The van der Waals surface area contributed by atoms with Gasteiger partial charge in [0, 0.05) is 44.6 Å². The highest BCUT2D eigenvalue weighted by molar-refractivity contribution is 7.89. The third-order valence-electron chi connectivity index (χ3n) is 4.90. The molecule has 0 saturated carbocycles. The van der Waals surface area contributed by atoms with Crippen LogP contribution < -0.4 is 4.90 Å². The van der Waals surface area contributed by atoms with E-state index in [-0.39, 0.29) is 10.5 Å². The molecule has 0 N–H and O–H groups in total. The minimum atomic E-state index is -3.72. The zero-order chi connectivity index (χ0) is 20.4. The lowest BCUT2D eigenvalue weighted by atomic mass is 10.2. The van der Waals surface area contributed by atoms with Crippen LogP contribution in [0.25, 0.3) is 5.82 Å². The van der Waals surface area contributed by atoms with E-state index < -0.39 is 10.0 Å². The maximum Gasteiger partial charge on any atom is 0.244 e. The van der Waals surface area contributed by atoms with Crippen molar-refractivity contribution in [1.29, 1.82) is 5.26 Å². The summed E-state index contributed by atoms with van der Waals surface area (Å²) >= 11 is 0. The van der Waals surface area contributed by atoms with Crippen molar-refractivity contribution in [2.75, 3.05) is 31.1 Å². The quantitative estimate of drug-likeness (QED) is 0.640. The van der Waals surface area contributed by atoms with E-state index in [0.29, 0.717) is 32.0 Å². The first-order chi connectivity index (χ1) is 14.0. The van der Waals surface area contributed by atoms with Gasteiger partial charge >= 0.3 is 0 Å². The molecule has 9 nitrogen and oxygen atoms in total. The molecule has 0 atom stereocenters. The summed E-state index contributed by atoms with van der Waals surface area (Å²) in [6.07, 6.45) is 5.04. The summed E-state index contributed by atoms with van der Waals surface area (Å²) in [5.41, 5.74) is 0.158. The van der Waals surface area contributed by atoms with Crippen LogP contribution in [-0.2, 0) is 10.0 Å². The lowest BCUT2D eigenvalue weighted by Crippen LogP contribution is -2.49. The van der Waals surface area contributed by atoms with Crippen LogP contribution in [0.1, 0.15) is 11.4 Å². The smallest absolute Gasteiger partial charge is 0.244 e. The third kappa shape index (κ3) is 3.57. The third-order valence-corrected chi connectivity index (χ3v) is 6.86. The van der Waals surface area contributed by atoms with Crippen LogP contribution in [0, 0.1) is 18.3 Å². The van der Waals surface area contributed by atoms with Gasteiger partial charge in [0.15, 0.2) is 0 Å². The zero-order valence-electron chi connectivity index (χ0n) is 15.8. The van der Waals surface area contributed by atoms with Crippen LogP contribution in [0.15, 0.2) is 53.9 Å². The minimum absolute atomic E-state index is 0.0517. The molecular formula is C19H19N7O2S. The fourth-order valence-electron chi connectivity index (χ4n) is 3.34. The monoisotopic (exact) mass is 409 g/mol. The molecule has 0 unspecified atom stereocenters. The summed E-state index contributed by atoms with van der Waals surface area (Å²) in [6.45, 7) is 3.50. The number of sulfonamides is 1. The highest BCUT2D eigenvalue weighted by Crippen LogP contribution is 2.23. The van der Waals surface area contributed by atoms with Gasteiger partial charge in [-0.3, -0.25) is 4.57 Å². The van der Waals surface area contributed by atoms with Gasteiger partial charge in [-0.15, -0.1) is 0 Å². The Morgan fingerprint density at radius 2 is 1.76 bits per heavy atom. The molecular weight excluding hydrogens is 390 g/mol. The normalized spacial score (nSPS) is 15.2. The molecule has 29 heavy (non-hydrogen) atoms.